The number of rotatable bonds is 5. The van der Waals surface area contributed by atoms with Gasteiger partial charge >= 0.3 is 0 Å². The Kier molecular flexibility index (Phi) is 4.75. The number of halogens is 2. The first-order valence-electron chi connectivity index (χ1n) is 6.47. The second-order valence-corrected chi connectivity index (χ2v) is 4.56. The molecule has 0 saturated carbocycles. The Morgan fingerprint density at radius 2 is 1.33 bits per heavy atom. The van der Waals surface area contributed by atoms with Gasteiger partial charge in [0.15, 0.2) is 0 Å². The third-order valence-corrected chi connectivity index (χ3v) is 3.38. The Morgan fingerprint density at radius 1 is 0.905 bits per heavy atom. The molecule has 5 heteroatoms. The zero-order valence-electron chi connectivity index (χ0n) is 11.9. The lowest BCUT2D eigenvalue weighted by Gasteiger charge is -2.21. The molecule has 112 valence electrons. The van der Waals surface area contributed by atoms with Gasteiger partial charge in [0, 0.05) is 35.7 Å². The summed E-state index contributed by atoms with van der Waals surface area (Å²) < 4.78 is 37.1. The van der Waals surface area contributed by atoms with Crippen molar-refractivity contribution in [1.29, 1.82) is 0 Å². The quantitative estimate of drug-likeness (QED) is 0.921. The number of hydrogen-bond donors (Lipinski definition) is 1. The molecule has 0 unspecified atom stereocenters. The van der Waals surface area contributed by atoms with Crippen molar-refractivity contribution < 1.29 is 18.3 Å². The van der Waals surface area contributed by atoms with Crippen LogP contribution < -0.4 is 15.2 Å². The number of nitrogens with two attached hydrogens (primary N) is 1. The Labute approximate surface area is 122 Å². The number of benzene rings is 2. The summed E-state index contributed by atoms with van der Waals surface area (Å²) in [6, 6.07) is 8.53. The van der Waals surface area contributed by atoms with Gasteiger partial charge in [0.25, 0.3) is 0 Å². The smallest absolute Gasteiger partial charge is 0.126 e. The fourth-order valence-corrected chi connectivity index (χ4v) is 2.37. The summed E-state index contributed by atoms with van der Waals surface area (Å²) in [5.74, 6) is -0.264. The van der Waals surface area contributed by atoms with E-state index < -0.39 is 11.6 Å². The van der Waals surface area contributed by atoms with Gasteiger partial charge in [0.2, 0.25) is 0 Å². The van der Waals surface area contributed by atoms with Crippen molar-refractivity contribution in [3.63, 3.8) is 0 Å². The first-order valence-corrected chi connectivity index (χ1v) is 6.47. The molecule has 0 aromatic heterocycles. The zero-order chi connectivity index (χ0) is 15.4. The molecule has 0 spiro atoms. The normalized spacial score (nSPS) is 10.8. The third-order valence-electron chi connectivity index (χ3n) is 3.38. The topological polar surface area (TPSA) is 44.5 Å². The van der Waals surface area contributed by atoms with Crippen molar-refractivity contribution in [2.24, 2.45) is 5.73 Å². The minimum absolute atomic E-state index is 0.254. The van der Waals surface area contributed by atoms with Crippen molar-refractivity contribution in [2.75, 3.05) is 20.8 Å². The molecule has 2 N–H and O–H groups in total. The number of ether oxygens (including phenoxy) is 2. The molecule has 0 radical (unpaired) electrons. The van der Waals surface area contributed by atoms with Gasteiger partial charge in [-0.15, -0.1) is 0 Å². The van der Waals surface area contributed by atoms with Gasteiger partial charge < -0.3 is 15.2 Å². The maximum Gasteiger partial charge on any atom is 0.126 e. The monoisotopic (exact) mass is 293 g/mol. The van der Waals surface area contributed by atoms with E-state index in [-0.39, 0.29) is 12.5 Å². The van der Waals surface area contributed by atoms with Crippen molar-refractivity contribution in [3.05, 3.63) is 59.2 Å². The van der Waals surface area contributed by atoms with Crippen molar-refractivity contribution in [3.8, 4) is 11.5 Å². The van der Waals surface area contributed by atoms with E-state index in [0.29, 0.717) is 11.5 Å². The van der Waals surface area contributed by atoms with Crippen LogP contribution in [0.4, 0.5) is 8.78 Å². The second kappa shape index (κ2) is 6.54. The summed E-state index contributed by atoms with van der Waals surface area (Å²) >= 11 is 0. The molecule has 2 aromatic rings. The van der Waals surface area contributed by atoms with Crippen LogP contribution in [0.1, 0.15) is 17.0 Å². The molecule has 0 aliphatic heterocycles. The van der Waals surface area contributed by atoms with E-state index in [1.54, 1.807) is 12.1 Å². The lowest BCUT2D eigenvalue weighted by Crippen LogP contribution is -2.16. The van der Waals surface area contributed by atoms with Crippen LogP contribution in [0.25, 0.3) is 0 Å². The average molecular weight is 293 g/mol. The molecule has 0 aliphatic carbocycles. The van der Waals surface area contributed by atoms with Crippen molar-refractivity contribution >= 4 is 0 Å². The summed E-state index contributed by atoms with van der Waals surface area (Å²) in [5, 5.41) is 0. The number of hydrogen-bond acceptors (Lipinski definition) is 3. The predicted octanol–water partition coefficient (Wildman–Crippen LogP) is 3.07. The summed E-state index contributed by atoms with van der Waals surface area (Å²) in [5.41, 5.74) is 7.32. The van der Waals surface area contributed by atoms with Crippen LogP contribution in [0, 0.1) is 11.6 Å². The lowest BCUT2D eigenvalue weighted by atomic mass is 9.90. The fourth-order valence-electron chi connectivity index (χ4n) is 2.37. The Morgan fingerprint density at radius 3 is 1.67 bits per heavy atom. The van der Waals surface area contributed by atoms with Crippen LogP contribution in [0.3, 0.4) is 0 Å². The minimum atomic E-state index is -0.391. The highest BCUT2D eigenvalue weighted by atomic mass is 19.1. The molecule has 0 saturated heterocycles. The average Bonchev–Trinajstić information content (AvgIpc) is 2.50. The summed E-state index contributed by atoms with van der Waals surface area (Å²) in [4.78, 5) is 0. The van der Waals surface area contributed by atoms with Gasteiger partial charge in [-0.25, -0.2) is 8.78 Å². The fraction of sp³-hybridized carbons (Fsp3) is 0.250. The van der Waals surface area contributed by atoms with Crippen molar-refractivity contribution in [1.82, 2.24) is 0 Å². The molecule has 0 atom stereocenters. The van der Waals surface area contributed by atoms with Crippen LogP contribution in [-0.4, -0.2) is 20.8 Å². The highest BCUT2D eigenvalue weighted by molar-refractivity contribution is 5.47. The lowest BCUT2D eigenvalue weighted by molar-refractivity contribution is 0.396. The molecular formula is C16H17F2NO2. The first-order chi connectivity index (χ1) is 10.1. The molecule has 0 heterocycles. The summed E-state index contributed by atoms with van der Waals surface area (Å²) in [7, 11) is 2.93. The Bertz CT molecular complexity index is 578. The van der Waals surface area contributed by atoms with Gasteiger partial charge in [0.05, 0.1) is 14.2 Å². The molecule has 21 heavy (non-hydrogen) atoms. The first kappa shape index (κ1) is 15.3. The SMILES string of the molecule is COc1cc(F)ccc1C(CN)c1ccc(F)cc1OC. The Hall–Kier alpha value is -2.14. The van der Waals surface area contributed by atoms with Crippen LogP contribution in [-0.2, 0) is 0 Å². The van der Waals surface area contributed by atoms with E-state index in [4.69, 9.17) is 15.2 Å². The zero-order valence-corrected chi connectivity index (χ0v) is 11.9. The Balaban J connectivity index is 2.54. The molecule has 0 aliphatic rings. The van der Waals surface area contributed by atoms with Gasteiger partial charge in [-0.1, -0.05) is 12.1 Å². The van der Waals surface area contributed by atoms with Gasteiger partial charge in [0.1, 0.15) is 23.1 Å². The predicted molar refractivity (Wildman–Crippen MR) is 76.8 cm³/mol. The van der Waals surface area contributed by atoms with Gasteiger partial charge in [-0.3, -0.25) is 0 Å². The largest absolute Gasteiger partial charge is 0.496 e. The van der Waals surface area contributed by atoms with Gasteiger partial charge in [-0.05, 0) is 12.1 Å². The van der Waals surface area contributed by atoms with Crippen molar-refractivity contribution in [2.45, 2.75) is 5.92 Å². The highest BCUT2D eigenvalue weighted by Crippen LogP contribution is 2.36. The summed E-state index contributed by atoms with van der Waals surface area (Å²) in [6.07, 6.45) is 0. The highest BCUT2D eigenvalue weighted by Gasteiger charge is 2.21. The second-order valence-electron chi connectivity index (χ2n) is 4.56. The van der Waals surface area contributed by atoms with E-state index in [2.05, 4.69) is 0 Å². The molecule has 2 rings (SSSR count). The molecule has 0 fully saturated rings. The molecule has 3 nitrogen and oxygen atoms in total. The minimum Gasteiger partial charge on any atom is -0.496 e. The van der Waals surface area contributed by atoms with E-state index in [1.807, 2.05) is 0 Å². The van der Waals surface area contributed by atoms with Crippen LogP contribution in [0.15, 0.2) is 36.4 Å². The van der Waals surface area contributed by atoms with E-state index >= 15 is 0 Å². The molecule has 0 amide bonds. The van der Waals surface area contributed by atoms with E-state index in [0.717, 1.165) is 11.1 Å². The third kappa shape index (κ3) is 3.13. The van der Waals surface area contributed by atoms with Crippen LogP contribution in [0.5, 0.6) is 11.5 Å². The maximum absolute atomic E-state index is 13.3. The molecule has 2 aromatic carbocycles. The molecule has 0 bridgehead atoms. The maximum atomic E-state index is 13.3. The van der Waals surface area contributed by atoms with Crippen LogP contribution >= 0.6 is 0 Å². The number of methoxy groups -OCH3 is 2. The van der Waals surface area contributed by atoms with E-state index in [1.165, 1.54) is 38.5 Å². The van der Waals surface area contributed by atoms with Gasteiger partial charge in [-0.2, -0.15) is 0 Å². The van der Waals surface area contributed by atoms with Crippen LogP contribution in [0.2, 0.25) is 0 Å². The molecular weight excluding hydrogens is 276 g/mol. The standard InChI is InChI=1S/C16H17F2NO2/c1-20-15-7-10(17)3-5-12(15)14(9-19)13-6-4-11(18)8-16(13)21-2/h3-8,14H,9,19H2,1-2H3. The van der Waals surface area contributed by atoms with E-state index in [9.17, 15) is 8.78 Å². The summed E-state index contributed by atoms with van der Waals surface area (Å²) in [6.45, 7) is 0.254.